The number of likely N-dealkylation sites (tertiary alicyclic amines) is 1. The van der Waals surface area contributed by atoms with Gasteiger partial charge in [-0.3, -0.25) is 9.69 Å². The molecular weight excluding hydrogens is 306 g/mol. The number of ether oxygens (including phenoxy) is 1. The molecule has 0 bridgehead atoms. The van der Waals surface area contributed by atoms with Crippen molar-refractivity contribution in [2.75, 3.05) is 37.9 Å². The zero-order valence-corrected chi connectivity index (χ0v) is 13.9. The second-order valence-corrected chi connectivity index (χ2v) is 6.99. The first-order valence-electron chi connectivity index (χ1n) is 8.81. The third kappa shape index (κ3) is 2.59. The van der Waals surface area contributed by atoms with Gasteiger partial charge < -0.3 is 20.1 Å². The lowest BCUT2D eigenvalue weighted by Gasteiger charge is -2.47. The molecule has 2 N–H and O–H groups in total. The molecule has 0 unspecified atom stereocenters. The first kappa shape index (κ1) is 15.9. The Kier molecular flexibility index (Phi) is 4.20. The van der Waals surface area contributed by atoms with Crippen molar-refractivity contribution in [3.05, 3.63) is 30.3 Å². The quantitative estimate of drug-likeness (QED) is 0.829. The Bertz CT molecular complexity index is 586. The van der Waals surface area contributed by atoms with Gasteiger partial charge in [-0.15, -0.1) is 0 Å². The van der Waals surface area contributed by atoms with Gasteiger partial charge in [0.1, 0.15) is 5.54 Å². The zero-order chi connectivity index (χ0) is 16.6. The number of aliphatic hydroxyl groups is 1. The summed E-state index contributed by atoms with van der Waals surface area (Å²) in [6, 6.07) is 10.2. The molecule has 0 aromatic heterocycles. The molecular formula is C18H25N3O3. The number of hydrogen-bond donors (Lipinski definition) is 2. The largest absolute Gasteiger partial charge is 0.391 e. The number of piperidine rings is 1. The topological polar surface area (TPSA) is 65.0 Å². The minimum absolute atomic E-state index is 0.0609. The van der Waals surface area contributed by atoms with E-state index in [0.29, 0.717) is 26.3 Å². The van der Waals surface area contributed by atoms with E-state index in [9.17, 15) is 9.90 Å². The van der Waals surface area contributed by atoms with Crippen molar-refractivity contribution in [2.45, 2.75) is 36.9 Å². The highest BCUT2D eigenvalue weighted by Gasteiger charge is 2.51. The summed E-state index contributed by atoms with van der Waals surface area (Å²) in [7, 11) is 0. The second-order valence-electron chi connectivity index (χ2n) is 6.99. The average molecular weight is 331 g/mol. The molecule has 6 heteroatoms. The van der Waals surface area contributed by atoms with E-state index in [1.54, 1.807) is 0 Å². The molecule has 130 valence electrons. The average Bonchev–Trinajstić information content (AvgIpc) is 2.93. The fraction of sp³-hybridized carbons (Fsp3) is 0.611. The Labute approximate surface area is 142 Å². The lowest BCUT2D eigenvalue weighted by Crippen LogP contribution is -2.60. The van der Waals surface area contributed by atoms with Gasteiger partial charge in [-0.25, -0.2) is 0 Å². The van der Waals surface area contributed by atoms with E-state index in [0.717, 1.165) is 31.6 Å². The predicted octanol–water partition coefficient (Wildman–Crippen LogP) is 0.565. The van der Waals surface area contributed by atoms with E-state index in [2.05, 4.69) is 27.2 Å². The fourth-order valence-corrected chi connectivity index (χ4v) is 4.32. The van der Waals surface area contributed by atoms with Gasteiger partial charge in [-0.1, -0.05) is 18.2 Å². The molecule has 4 rings (SSSR count). The summed E-state index contributed by atoms with van der Waals surface area (Å²) < 4.78 is 5.54. The molecule has 1 aromatic rings. The SMILES string of the molecule is O=C1NCN(c2ccccc2)C12CCN([C@H]1COCC[C@@H]1O)CC2. The smallest absolute Gasteiger partial charge is 0.247 e. The monoisotopic (exact) mass is 331 g/mol. The van der Waals surface area contributed by atoms with Crippen LogP contribution in [0, 0.1) is 0 Å². The Morgan fingerprint density at radius 3 is 2.67 bits per heavy atom. The number of carbonyl (C=O) groups excluding carboxylic acids is 1. The fourth-order valence-electron chi connectivity index (χ4n) is 4.32. The number of aliphatic hydroxyl groups excluding tert-OH is 1. The third-order valence-corrected chi connectivity index (χ3v) is 5.79. The molecule has 1 spiro atoms. The number of carbonyl (C=O) groups is 1. The van der Waals surface area contributed by atoms with Crippen molar-refractivity contribution in [1.82, 2.24) is 10.2 Å². The molecule has 1 aromatic carbocycles. The minimum atomic E-state index is -0.460. The Hall–Kier alpha value is -1.63. The first-order chi connectivity index (χ1) is 11.7. The Morgan fingerprint density at radius 2 is 1.96 bits per heavy atom. The molecule has 2 atom stereocenters. The van der Waals surface area contributed by atoms with Crippen molar-refractivity contribution in [2.24, 2.45) is 0 Å². The summed E-state index contributed by atoms with van der Waals surface area (Å²) in [4.78, 5) is 17.1. The van der Waals surface area contributed by atoms with Crippen molar-refractivity contribution >= 4 is 11.6 Å². The van der Waals surface area contributed by atoms with E-state index >= 15 is 0 Å². The molecule has 1 amide bonds. The van der Waals surface area contributed by atoms with Crippen LogP contribution in [0.15, 0.2) is 30.3 Å². The number of nitrogens with one attached hydrogen (secondary N) is 1. The highest BCUT2D eigenvalue weighted by molar-refractivity contribution is 5.93. The highest BCUT2D eigenvalue weighted by Crippen LogP contribution is 2.37. The molecule has 0 radical (unpaired) electrons. The number of benzene rings is 1. The van der Waals surface area contributed by atoms with Crippen LogP contribution in [0.4, 0.5) is 5.69 Å². The van der Waals surface area contributed by atoms with Crippen LogP contribution >= 0.6 is 0 Å². The number of nitrogens with zero attached hydrogens (tertiary/aromatic N) is 2. The van der Waals surface area contributed by atoms with Crippen molar-refractivity contribution < 1.29 is 14.6 Å². The summed E-state index contributed by atoms with van der Waals surface area (Å²) in [5.74, 6) is 0.131. The van der Waals surface area contributed by atoms with Gasteiger partial charge >= 0.3 is 0 Å². The normalized spacial score (nSPS) is 30.5. The molecule has 3 saturated heterocycles. The van der Waals surface area contributed by atoms with E-state index in [4.69, 9.17) is 4.74 Å². The van der Waals surface area contributed by atoms with Gasteiger partial charge in [0.25, 0.3) is 0 Å². The van der Waals surface area contributed by atoms with Crippen LogP contribution in [0.5, 0.6) is 0 Å². The molecule has 3 aliphatic heterocycles. The van der Waals surface area contributed by atoms with Crippen molar-refractivity contribution in [1.29, 1.82) is 0 Å². The second kappa shape index (κ2) is 6.35. The molecule has 6 nitrogen and oxygen atoms in total. The summed E-state index contributed by atoms with van der Waals surface area (Å²) in [6.07, 6.45) is 1.92. The van der Waals surface area contributed by atoms with Crippen LogP contribution in [0.3, 0.4) is 0 Å². The zero-order valence-electron chi connectivity index (χ0n) is 13.9. The van der Waals surface area contributed by atoms with Crippen LogP contribution in [0.2, 0.25) is 0 Å². The molecule has 24 heavy (non-hydrogen) atoms. The van der Waals surface area contributed by atoms with Gasteiger partial charge in [0.15, 0.2) is 0 Å². The lowest BCUT2D eigenvalue weighted by atomic mass is 9.84. The number of para-hydroxylation sites is 1. The summed E-state index contributed by atoms with van der Waals surface area (Å²) >= 11 is 0. The predicted molar refractivity (Wildman–Crippen MR) is 90.7 cm³/mol. The summed E-state index contributed by atoms with van der Waals surface area (Å²) in [5.41, 5.74) is 0.628. The maximum Gasteiger partial charge on any atom is 0.247 e. The van der Waals surface area contributed by atoms with E-state index in [1.165, 1.54) is 0 Å². The molecule has 0 aliphatic carbocycles. The lowest BCUT2D eigenvalue weighted by molar-refractivity contribution is -0.126. The summed E-state index contributed by atoms with van der Waals surface area (Å²) in [6.45, 7) is 3.41. The van der Waals surface area contributed by atoms with E-state index < -0.39 is 5.54 Å². The van der Waals surface area contributed by atoms with Crippen molar-refractivity contribution in [3.8, 4) is 0 Å². The number of anilines is 1. The van der Waals surface area contributed by atoms with Gasteiger partial charge in [0, 0.05) is 25.4 Å². The van der Waals surface area contributed by atoms with Crippen LogP contribution in [0.25, 0.3) is 0 Å². The standard InChI is InChI=1S/C18H25N3O3/c22-16-6-11-24-12-15(16)20-9-7-18(8-10-20)17(23)19-13-21(18)14-4-2-1-3-5-14/h1-5,15-16,22H,6-13H2,(H,19,23)/t15-,16-/m0/s1. The maximum absolute atomic E-state index is 12.6. The minimum Gasteiger partial charge on any atom is -0.391 e. The maximum atomic E-state index is 12.6. The third-order valence-electron chi connectivity index (χ3n) is 5.79. The number of rotatable bonds is 2. The summed E-state index contributed by atoms with van der Waals surface area (Å²) in [5, 5.41) is 13.3. The molecule has 3 aliphatic rings. The highest BCUT2D eigenvalue weighted by atomic mass is 16.5. The van der Waals surface area contributed by atoms with E-state index in [-0.39, 0.29) is 18.1 Å². The van der Waals surface area contributed by atoms with Gasteiger partial charge in [0.05, 0.1) is 25.4 Å². The van der Waals surface area contributed by atoms with E-state index in [1.807, 2.05) is 18.2 Å². The first-order valence-corrected chi connectivity index (χ1v) is 8.81. The van der Waals surface area contributed by atoms with Crippen LogP contribution in [0.1, 0.15) is 19.3 Å². The number of hydrogen-bond acceptors (Lipinski definition) is 5. The van der Waals surface area contributed by atoms with Crippen LogP contribution in [-0.2, 0) is 9.53 Å². The molecule has 0 saturated carbocycles. The van der Waals surface area contributed by atoms with Gasteiger partial charge in [-0.05, 0) is 31.4 Å². The Balaban J connectivity index is 1.50. The van der Waals surface area contributed by atoms with Crippen molar-refractivity contribution in [3.63, 3.8) is 0 Å². The van der Waals surface area contributed by atoms with Gasteiger partial charge in [-0.2, -0.15) is 0 Å². The Morgan fingerprint density at radius 1 is 1.21 bits per heavy atom. The molecule has 3 fully saturated rings. The molecule has 3 heterocycles. The number of amides is 1. The van der Waals surface area contributed by atoms with Gasteiger partial charge in [0.2, 0.25) is 5.91 Å². The van der Waals surface area contributed by atoms with Crippen LogP contribution in [-0.4, -0.2) is 66.6 Å². The van der Waals surface area contributed by atoms with Crippen LogP contribution < -0.4 is 10.2 Å².